The largest absolute Gasteiger partial charge is 0.370 e. The number of nitrogens with zero attached hydrogens (tertiary/aromatic N) is 1. The molecule has 0 saturated heterocycles. The van der Waals surface area contributed by atoms with Crippen molar-refractivity contribution < 1.29 is 0 Å². The Bertz CT molecular complexity index is 519. The third kappa shape index (κ3) is 4.61. The lowest BCUT2D eigenvalue weighted by molar-refractivity contribution is 0.635. The number of likely N-dealkylation sites (N-methyl/N-ethyl adjacent to an activating group) is 1. The van der Waals surface area contributed by atoms with Gasteiger partial charge in [0.05, 0.1) is 0 Å². The fraction of sp³-hybridized carbons (Fsp3) is 0.368. The molecule has 2 aromatic carbocycles. The molecular weight excluding hydrogens is 256 g/mol. The van der Waals surface area contributed by atoms with Crippen LogP contribution >= 0.6 is 0 Å². The Balaban J connectivity index is 1.96. The molecule has 0 spiro atoms. The first-order chi connectivity index (χ1) is 10.2. The number of hydrogen-bond donors (Lipinski definition) is 1. The molecule has 0 heterocycles. The van der Waals surface area contributed by atoms with Crippen LogP contribution in [0.5, 0.6) is 0 Å². The minimum atomic E-state index is 0.561. The first-order valence-corrected chi connectivity index (χ1v) is 7.76. The van der Waals surface area contributed by atoms with Crippen molar-refractivity contribution in [1.82, 2.24) is 5.32 Å². The predicted octanol–water partition coefficient (Wildman–Crippen LogP) is 4.04. The molecule has 0 saturated carbocycles. The van der Waals surface area contributed by atoms with Crippen LogP contribution in [0.25, 0.3) is 0 Å². The molecular formula is C19H26N2. The number of benzene rings is 2. The number of anilines is 1. The summed E-state index contributed by atoms with van der Waals surface area (Å²) in [4.78, 5) is 2.27. The van der Waals surface area contributed by atoms with E-state index in [1.165, 1.54) is 16.8 Å². The van der Waals surface area contributed by atoms with E-state index in [0.717, 1.165) is 19.6 Å². The van der Waals surface area contributed by atoms with Crippen molar-refractivity contribution in [2.75, 3.05) is 25.0 Å². The Morgan fingerprint density at radius 2 is 1.67 bits per heavy atom. The van der Waals surface area contributed by atoms with E-state index >= 15 is 0 Å². The van der Waals surface area contributed by atoms with Gasteiger partial charge in [-0.2, -0.15) is 0 Å². The minimum Gasteiger partial charge on any atom is -0.370 e. The Kier molecular flexibility index (Phi) is 5.82. The summed E-state index contributed by atoms with van der Waals surface area (Å²) < 4.78 is 0. The van der Waals surface area contributed by atoms with Gasteiger partial charge in [0.15, 0.2) is 0 Å². The fourth-order valence-corrected chi connectivity index (χ4v) is 2.48. The molecule has 0 aliphatic rings. The van der Waals surface area contributed by atoms with E-state index in [1.807, 2.05) is 0 Å². The number of hydrogen-bond acceptors (Lipinski definition) is 2. The maximum absolute atomic E-state index is 3.41. The standard InChI is InChI=1S/C19H26N2/c1-4-20-14-16(2)18-12-10-17(11-13-18)15-21(3)19-8-6-5-7-9-19/h5-13,16,20H,4,14-15H2,1-3H3. The van der Waals surface area contributed by atoms with Crippen molar-refractivity contribution in [2.24, 2.45) is 0 Å². The molecule has 1 atom stereocenters. The quantitative estimate of drug-likeness (QED) is 0.824. The molecule has 0 amide bonds. The third-order valence-corrected chi connectivity index (χ3v) is 3.87. The van der Waals surface area contributed by atoms with Crippen molar-refractivity contribution in [3.05, 3.63) is 65.7 Å². The van der Waals surface area contributed by atoms with Crippen molar-refractivity contribution in [3.8, 4) is 0 Å². The van der Waals surface area contributed by atoms with Gasteiger partial charge in [-0.05, 0) is 35.7 Å². The smallest absolute Gasteiger partial charge is 0.0426 e. The van der Waals surface area contributed by atoms with Gasteiger partial charge in [0.2, 0.25) is 0 Å². The van der Waals surface area contributed by atoms with Gasteiger partial charge in [-0.1, -0.05) is 56.3 Å². The fourth-order valence-electron chi connectivity index (χ4n) is 2.48. The summed E-state index contributed by atoms with van der Waals surface area (Å²) in [5.41, 5.74) is 4.00. The highest BCUT2D eigenvalue weighted by molar-refractivity contribution is 5.45. The van der Waals surface area contributed by atoms with Gasteiger partial charge in [0.25, 0.3) is 0 Å². The van der Waals surface area contributed by atoms with Crippen molar-refractivity contribution >= 4 is 5.69 Å². The maximum atomic E-state index is 3.41. The summed E-state index contributed by atoms with van der Waals surface area (Å²) in [5.74, 6) is 0.561. The van der Waals surface area contributed by atoms with Gasteiger partial charge >= 0.3 is 0 Å². The van der Waals surface area contributed by atoms with E-state index in [-0.39, 0.29) is 0 Å². The van der Waals surface area contributed by atoms with Crippen LogP contribution in [0.15, 0.2) is 54.6 Å². The first-order valence-electron chi connectivity index (χ1n) is 7.76. The number of rotatable bonds is 7. The summed E-state index contributed by atoms with van der Waals surface area (Å²) in [5, 5.41) is 3.41. The van der Waals surface area contributed by atoms with Gasteiger partial charge in [0, 0.05) is 25.8 Å². The summed E-state index contributed by atoms with van der Waals surface area (Å²) in [6, 6.07) is 19.5. The van der Waals surface area contributed by atoms with Gasteiger partial charge in [-0.15, -0.1) is 0 Å². The Morgan fingerprint density at radius 3 is 2.29 bits per heavy atom. The van der Waals surface area contributed by atoms with Crippen molar-refractivity contribution in [1.29, 1.82) is 0 Å². The van der Waals surface area contributed by atoms with E-state index < -0.39 is 0 Å². The lowest BCUT2D eigenvalue weighted by Gasteiger charge is -2.20. The van der Waals surface area contributed by atoms with Crippen LogP contribution < -0.4 is 10.2 Å². The zero-order chi connectivity index (χ0) is 15.1. The van der Waals surface area contributed by atoms with Crippen LogP contribution in [0.4, 0.5) is 5.69 Å². The zero-order valence-corrected chi connectivity index (χ0v) is 13.3. The molecule has 1 unspecified atom stereocenters. The average Bonchev–Trinajstić information content (AvgIpc) is 2.54. The molecule has 0 bridgehead atoms. The summed E-state index contributed by atoms with van der Waals surface area (Å²) in [6.07, 6.45) is 0. The molecule has 0 fully saturated rings. The van der Waals surface area contributed by atoms with E-state index in [1.54, 1.807) is 0 Å². The van der Waals surface area contributed by atoms with Crippen LogP contribution in [0.3, 0.4) is 0 Å². The molecule has 2 heteroatoms. The van der Waals surface area contributed by atoms with Crippen LogP contribution in [0, 0.1) is 0 Å². The summed E-state index contributed by atoms with van der Waals surface area (Å²) in [7, 11) is 2.14. The van der Waals surface area contributed by atoms with Crippen LogP contribution in [-0.4, -0.2) is 20.1 Å². The third-order valence-electron chi connectivity index (χ3n) is 3.87. The van der Waals surface area contributed by atoms with E-state index in [9.17, 15) is 0 Å². The Hall–Kier alpha value is -1.80. The normalized spacial score (nSPS) is 12.1. The molecule has 1 N–H and O–H groups in total. The molecule has 2 aromatic rings. The highest BCUT2D eigenvalue weighted by atomic mass is 15.1. The Morgan fingerprint density at radius 1 is 1.00 bits per heavy atom. The van der Waals surface area contributed by atoms with Gasteiger partial charge < -0.3 is 10.2 Å². The van der Waals surface area contributed by atoms with Gasteiger partial charge in [-0.3, -0.25) is 0 Å². The highest BCUT2D eigenvalue weighted by Crippen LogP contribution is 2.18. The minimum absolute atomic E-state index is 0.561. The van der Waals surface area contributed by atoms with Crippen molar-refractivity contribution in [3.63, 3.8) is 0 Å². The topological polar surface area (TPSA) is 15.3 Å². The summed E-state index contributed by atoms with van der Waals surface area (Å²) >= 11 is 0. The zero-order valence-electron chi connectivity index (χ0n) is 13.3. The second-order valence-electron chi connectivity index (χ2n) is 5.64. The molecule has 2 rings (SSSR count). The van der Waals surface area contributed by atoms with Gasteiger partial charge in [-0.25, -0.2) is 0 Å². The Labute approximate surface area is 128 Å². The molecule has 21 heavy (non-hydrogen) atoms. The monoisotopic (exact) mass is 282 g/mol. The predicted molar refractivity (Wildman–Crippen MR) is 91.9 cm³/mol. The van der Waals surface area contributed by atoms with Crippen LogP contribution in [0.1, 0.15) is 30.9 Å². The molecule has 0 aliphatic heterocycles. The SMILES string of the molecule is CCNCC(C)c1ccc(CN(C)c2ccccc2)cc1. The second kappa shape index (κ2) is 7.84. The molecule has 112 valence electrons. The molecule has 0 aliphatic carbocycles. The molecule has 0 radical (unpaired) electrons. The van der Waals surface area contributed by atoms with E-state index in [4.69, 9.17) is 0 Å². The average molecular weight is 282 g/mol. The van der Waals surface area contributed by atoms with Crippen LogP contribution in [0.2, 0.25) is 0 Å². The lowest BCUT2D eigenvalue weighted by Crippen LogP contribution is -2.19. The molecule has 0 aromatic heterocycles. The number of nitrogens with one attached hydrogen (secondary N) is 1. The van der Waals surface area contributed by atoms with Gasteiger partial charge in [0.1, 0.15) is 0 Å². The van der Waals surface area contributed by atoms with Crippen molar-refractivity contribution in [2.45, 2.75) is 26.3 Å². The van der Waals surface area contributed by atoms with Crippen LogP contribution in [-0.2, 0) is 6.54 Å². The molecule has 2 nitrogen and oxygen atoms in total. The first kappa shape index (κ1) is 15.6. The van der Waals surface area contributed by atoms with E-state index in [0.29, 0.717) is 5.92 Å². The van der Waals surface area contributed by atoms with E-state index in [2.05, 4.69) is 85.7 Å². The number of para-hydroxylation sites is 1. The second-order valence-corrected chi connectivity index (χ2v) is 5.64. The maximum Gasteiger partial charge on any atom is 0.0426 e. The summed E-state index contributed by atoms with van der Waals surface area (Å²) in [6.45, 7) is 7.43. The highest BCUT2D eigenvalue weighted by Gasteiger charge is 2.06. The lowest BCUT2D eigenvalue weighted by atomic mass is 9.99.